The third-order valence-electron chi connectivity index (χ3n) is 4.97. The zero-order valence-electron chi connectivity index (χ0n) is 16.7. The number of para-hydroxylation sites is 1. The highest BCUT2D eigenvalue weighted by atomic mass is 16.6. The van der Waals surface area contributed by atoms with Gasteiger partial charge in [-0.2, -0.15) is 4.98 Å². The minimum absolute atomic E-state index is 0.0104. The lowest BCUT2D eigenvalue weighted by atomic mass is 10.1. The first kappa shape index (κ1) is 18.9. The number of hydrogen-bond acceptors (Lipinski definition) is 7. The summed E-state index contributed by atoms with van der Waals surface area (Å²) >= 11 is 0. The number of esters is 1. The molecule has 2 heterocycles. The molecule has 0 bridgehead atoms. The molecule has 0 saturated carbocycles. The minimum Gasteiger partial charge on any atom is -0.496 e. The Kier molecular flexibility index (Phi) is 4.84. The first-order valence-corrected chi connectivity index (χ1v) is 9.73. The van der Waals surface area contributed by atoms with E-state index in [1.54, 1.807) is 7.11 Å². The van der Waals surface area contributed by atoms with Crippen LogP contribution in [0.3, 0.4) is 0 Å². The summed E-state index contributed by atoms with van der Waals surface area (Å²) in [5.74, 6) is 1.29. The number of rotatable bonds is 6. The number of furan rings is 1. The maximum absolute atomic E-state index is 12.3. The monoisotopic (exact) mass is 414 g/mol. The summed E-state index contributed by atoms with van der Waals surface area (Å²) < 4.78 is 21.6. The van der Waals surface area contributed by atoms with Crippen molar-refractivity contribution in [3.8, 4) is 17.1 Å². The van der Waals surface area contributed by atoms with Gasteiger partial charge in [0, 0.05) is 5.39 Å². The summed E-state index contributed by atoms with van der Waals surface area (Å²) in [6, 6.07) is 21.2. The molecular formula is C24H18N2O5. The van der Waals surface area contributed by atoms with E-state index in [1.165, 1.54) is 0 Å². The fraction of sp³-hybridized carbons (Fsp3) is 0.125. The van der Waals surface area contributed by atoms with Crippen molar-refractivity contribution < 1.29 is 23.2 Å². The fourth-order valence-corrected chi connectivity index (χ4v) is 3.52. The molecule has 0 N–H and O–H groups in total. The van der Waals surface area contributed by atoms with E-state index in [9.17, 15) is 4.79 Å². The molecule has 0 amide bonds. The molecule has 5 aromatic rings. The van der Waals surface area contributed by atoms with Crippen molar-refractivity contribution in [2.75, 3.05) is 7.11 Å². The molecule has 154 valence electrons. The second-order valence-corrected chi connectivity index (χ2v) is 6.96. The van der Waals surface area contributed by atoms with Crippen molar-refractivity contribution in [2.24, 2.45) is 0 Å². The van der Waals surface area contributed by atoms with Gasteiger partial charge in [-0.1, -0.05) is 47.6 Å². The highest BCUT2D eigenvalue weighted by Crippen LogP contribution is 2.29. The smallest absolute Gasteiger partial charge is 0.313 e. The maximum atomic E-state index is 12.3. The molecule has 31 heavy (non-hydrogen) atoms. The van der Waals surface area contributed by atoms with Crippen LogP contribution in [0.5, 0.6) is 5.75 Å². The second-order valence-electron chi connectivity index (χ2n) is 6.96. The first-order valence-electron chi connectivity index (χ1n) is 9.73. The number of carbonyl (C=O) groups is 1. The van der Waals surface area contributed by atoms with E-state index in [0.717, 1.165) is 21.7 Å². The van der Waals surface area contributed by atoms with Gasteiger partial charge in [0.2, 0.25) is 5.82 Å². The molecule has 0 atom stereocenters. The average Bonchev–Trinajstić information content (AvgIpc) is 3.44. The zero-order valence-corrected chi connectivity index (χ0v) is 16.7. The van der Waals surface area contributed by atoms with E-state index < -0.39 is 5.97 Å². The number of benzene rings is 3. The molecule has 0 aliphatic rings. The van der Waals surface area contributed by atoms with Gasteiger partial charge in [0.15, 0.2) is 6.61 Å². The Hall–Kier alpha value is -4.13. The van der Waals surface area contributed by atoms with Crippen LogP contribution in [0.25, 0.3) is 33.1 Å². The molecule has 5 rings (SSSR count). The van der Waals surface area contributed by atoms with Crippen LogP contribution < -0.4 is 4.74 Å². The number of methoxy groups -OCH3 is 1. The summed E-state index contributed by atoms with van der Waals surface area (Å²) in [5.41, 5.74) is 1.43. The predicted molar refractivity (Wildman–Crippen MR) is 114 cm³/mol. The Morgan fingerprint density at radius 3 is 2.74 bits per heavy atom. The first-order chi connectivity index (χ1) is 15.2. The second kappa shape index (κ2) is 7.95. The van der Waals surface area contributed by atoms with E-state index in [4.69, 9.17) is 18.4 Å². The normalized spacial score (nSPS) is 11.1. The number of aromatic nitrogens is 2. The number of nitrogens with zero attached hydrogens (tertiary/aromatic N) is 2. The molecule has 0 saturated heterocycles. The summed E-state index contributed by atoms with van der Waals surface area (Å²) in [4.78, 5) is 16.6. The van der Waals surface area contributed by atoms with Crippen LogP contribution in [0.15, 0.2) is 75.7 Å². The zero-order chi connectivity index (χ0) is 21.2. The Morgan fingerprint density at radius 1 is 1.00 bits per heavy atom. The Labute approximate surface area is 177 Å². The number of fused-ring (bicyclic) bond motifs is 3. The van der Waals surface area contributed by atoms with Gasteiger partial charge in [-0.05, 0) is 35.0 Å². The molecule has 0 radical (unpaired) electrons. The largest absolute Gasteiger partial charge is 0.496 e. The lowest BCUT2D eigenvalue weighted by Gasteiger charge is -2.03. The highest BCUT2D eigenvalue weighted by Gasteiger charge is 2.16. The summed E-state index contributed by atoms with van der Waals surface area (Å²) in [5, 5.41) is 7.11. The molecule has 0 aliphatic carbocycles. The van der Waals surface area contributed by atoms with Gasteiger partial charge in [0.25, 0.3) is 5.89 Å². The van der Waals surface area contributed by atoms with Crippen LogP contribution in [0.1, 0.15) is 11.7 Å². The van der Waals surface area contributed by atoms with E-state index in [1.807, 2.05) is 66.7 Å². The number of hydrogen-bond donors (Lipinski definition) is 0. The minimum atomic E-state index is -0.444. The van der Waals surface area contributed by atoms with Crippen LogP contribution >= 0.6 is 0 Å². The Bertz CT molecular complexity index is 1390. The van der Waals surface area contributed by atoms with E-state index >= 15 is 0 Å². The number of carbonyl (C=O) groups excluding carboxylic acids is 1. The van der Waals surface area contributed by atoms with Gasteiger partial charge in [-0.15, -0.1) is 0 Å². The molecule has 7 heteroatoms. The standard InChI is InChI=1S/C24H18N2O5/c1-28-20-9-5-4-8-18(20)24-25-22(31-26-24)14-29-23(27)13-16-12-19-17-7-3-2-6-15(17)10-11-21(19)30-16/h2-12H,13-14H2,1H3. The molecule has 0 unspecified atom stereocenters. The third kappa shape index (κ3) is 3.73. The van der Waals surface area contributed by atoms with Gasteiger partial charge in [-0.3, -0.25) is 4.79 Å². The summed E-state index contributed by atoms with van der Waals surface area (Å²) in [6.45, 7) is -0.121. The van der Waals surface area contributed by atoms with Gasteiger partial charge in [0.1, 0.15) is 23.5 Å². The van der Waals surface area contributed by atoms with Gasteiger partial charge in [-0.25, -0.2) is 0 Å². The molecule has 2 aromatic heterocycles. The quantitative estimate of drug-likeness (QED) is 0.364. The maximum Gasteiger partial charge on any atom is 0.313 e. The van der Waals surface area contributed by atoms with E-state index in [0.29, 0.717) is 22.9 Å². The van der Waals surface area contributed by atoms with Crippen molar-refractivity contribution in [3.05, 3.63) is 78.4 Å². The molecular weight excluding hydrogens is 396 g/mol. The van der Waals surface area contributed by atoms with Crippen LogP contribution in [0.2, 0.25) is 0 Å². The topological polar surface area (TPSA) is 87.6 Å². The predicted octanol–water partition coefficient (Wildman–Crippen LogP) is 4.93. The van der Waals surface area contributed by atoms with Crippen molar-refractivity contribution in [3.63, 3.8) is 0 Å². The molecule has 0 spiro atoms. The fourth-order valence-electron chi connectivity index (χ4n) is 3.52. The molecule has 0 fully saturated rings. The van der Waals surface area contributed by atoms with Crippen LogP contribution in [-0.4, -0.2) is 23.2 Å². The van der Waals surface area contributed by atoms with Gasteiger partial charge >= 0.3 is 5.97 Å². The van der Waals surface area contributed by atoms with Gasteiger partial charge in [0.05, 0.1) is 12.7 Å². The van der Waals surface area contributed by atoms with Crippen molar-refractivity contribution in [1.82, 2.24) is 10.1 Å². The van der Waals surface area contributed by atoms with Crippen molar-refractivity contribution >= 4 is 27.7 Å². The van der Waals surface area contributed by atoms with Crippen LogP contribution in [-0.2, 0) is 22.6 Å². The molecule has 3 aromatic carbocycles. The van der Waals surface area contributed by atoms with Gasteiger partial charge < -0.3 is 18.4 Å². The third-order valence-corrected chi connectivity index (χ3v) is 4.97. The van der Waals surface area contributed by atoms with Crippen molar-refractivity contribution in [1.29, 1.82) is 0 Å². The highest BCUT2D eigenvalue weighted by molar-refractivity contribution is 6.06. The average molecular weight is 414 g/mol. The summed E-state index contributed by atoms with van der Waals surface area (Å²) in [6.07, 6.45) is 0.0104. The van der Waals surface area contributed by atoms with E-state index in [2.05, 4.69) is 10.1 Å². The van der Waals surface area contributed by atoms with Crippen LogP contribution in [0.4, 0.5) is 0 Å². The lowest BCUT2D eigenvalue weighted by molar-refractivity contribution is -0.145. The Balaban J connectivity index is 1.26. The lowest BCUT2D eigenvalue weighted by Crippen LogP contribution is -2.07. The van der Waals surface area contributed by atoms with Crippen molar-refractivity contribution in [2.45, 2.75) is 13.0 Å². The molecule has 0 aliphatic heterocycles. The van der Waals surface area contributed by atoms with E-state index in [-0.39, 0.29) is 18.9 Å². The number of ether oxygens (including phenoxy) is 2. The summed E-state index contributed by atoms with van der Waals surface area (Å²) in [7, 11) is 1.57. The Morgan fingerprint density at radius 2 is 1.84 bits per heavy atom. The SMILES string of the molecule is COc1ccccc1-c1noc(COC(=O)Cc2cc3c(ccc4ccccc43)o2)n1. The van der Waals surface area contributed by atoms with Crippen LogP contribution in [0, 0.1) is 0 Å². The molecule has 7 nitrogen and oxygen atoms in total.